The zero-order valence-electron chi connectivity index (χ0n) is 10.7. The molecule has 1 amide bonds. The summed E-state index contributed by atoms with van der Waals surface area (Å²) in [4.78, 5) is 13.4. The van der Waals surface area contributed by atoms with E-state index >= 15 is 0 Å². The summed E-state index contributed by atoms with van der Waals surface area (Å²) in [6, 6.07) is 5.28. The van der Waals surface area contributed by atoms with Gasteiger partial charge in [0.25, 0.3) is 0 Å². The Bertz CT molecular complexity index is 400. The first kappa shape index (κ1) is 17.0. The van der Waals surface area contributed by atoms with Gasteiger partial charge in [-0.3, -0.25) is 4.79 Å². The Balaban J connectivity index is 0.00000289. The molecular formula is C12H18Cl2N2O2. The number of methoxy groups -OCH3 is 1. The number of halogens is 2. The van der Waals surface area contributed by atoms with E-state index in [9.17, 15) is 4.79 Å². The minimum atomic E-state index is 0. The lowest BCUT2D eigenvalue weighted by atomic mass is 10.2. The predicted molar refractivity (Wildman–Crippen MR) is 77.2 cm³/mol. The molecule has 0 aromatic heterocycles. The van der Waals surface area contributed by atoms with Crippen molar-refractivity contribution >= 4 is 35.6 Å². The van der Waals surface area contributed by atoms with E-state index in [1.54, 1.807) is 31.2 Å². The molecule has 4 nitrogen and oxygen atoms in total. The average Bonchev–Trinajstić information content (AvgIpc) is 2.34. The van der Waals surface area contributed by atoms with Crippen LogP contribution in [0.15, 0.2) is 18.2 Å². The van der Waals surface area contributed by atoms with Gasteiger partial charge in [0.15, 0.2) is 0 Å². The van der Waals surface area contributed by atoms with Crippen molar-refractivity contribution in [2.45, 2.75) is 6.42 Å². The van der Waals surface area contributed by atoms with Crippen LogP contribution in [-0.4, -0.2) is 33.7 Å². The number of hydrogen-bond acceptors (Lipinski definition) is 3. The van der Waals surface area contributed by atoms with Gasteiger partial charge >= 0.3 is 0 Å². The highest BCUT2D eigenvalue weighted by atomic mass is 35.5. The zero-order chi connectivity index (χ0) is 12.8. The molecule has 1 rings (SSSR count). The van der Waals surface area contributed by atoms with Crippen LogP contribution in [0.4, 0.5) is 5.69 Å². The number of nitrogens with one attached hydrogen (secondary N) is 1. The number of carbonyl (C=O) groups is 1. The fourth-order valence-electron chi connectivity index (χ4n) is 1.41. The molecule has 102 valence electrons. The standard InChI is InChI=1S/C12H17ClN2O2.ClH/c1-14-7-6-12(16)15(2)9-4-5-11(17-3)10(13)8-9;/h4-5,8,14H,6-7H2,1-3H3;1H. The Kier molecular flexibility index (Phi) is 7.75. The van der Waals surface area contributed by atoms with Crippen molar-refractivity contribution in [3.63, 3.8) is 0 Å². The molecule has 0 radical (unpaired) electrons. The Morgan fingerprint density at radius 3 is 2.67 bits per heavy atom. The molecule has 0 heterocycles. The molecule has 0 saturated heterocycles. The summed E-state index contributed by atoms with van der Waals surface area (Å²) in [5, 5.41) is 3.44. The van der Waals surface area contributed by atoms with E-state index in [4.69, 9.17) is 16.3 Å². The van der Waals surface area contributed by atoms with Gasteiger partial charge in [0.1, 0.15) is 5.75 Å². The van der Waals surface area contributed by atoms with Crippen LogP contribution in [0, 0.1) is 0 Å². The van der Waals surface area contributed by atoms with Crippen LogP contribution in [0.2, 0.25) is 5.02 Å². The molecule has 0 spiro atoms. The summed E-state index contributed by atoms with van der Waals surface area (Å²) < 4.78 is 5.06. The number of carbonyl (C=O) groups excluding carboxylic acids is 1. The summed E-state index contributed by atoms with van der Waals surface area (Å²) in [5.41, 5.74) is 0.761. The highest BCUT2D eigenvalue weighted by molar-refractivity contribution is 6.32. The van der Waals surface area contributed by atoms with E-state index in [1.165, 1.54) is 0 Å². The van der Waals surface area contributed by atoms with Crippen LogP contribution in [0.5, 0.6) is 5.75 Å². The SMILES string of the molecule is CNCCC(=O)N(C)c1ccc(OC)c(Cl)c1.Cl. The monoisotopic (exact) mass is 292 g/mol. The molecule has 0 saturated carbocycles. The smallest absolute Gasteiger partial charge is 0.227 e. The van der Waals surface area contributed by atoms with Gasteiger partial charge in [0.05, 0.1) is 12.1 Å². The second kappa shape index (κ2) is 8.19. The lowest BCUT2D eigenvalue weighted by molar-refractivity contribution is -0.118. The van der Waals surface area contributed by atoms with Crippen molar-refractivity contribution < 1.29 is 9.53 Å². The molecular weight excluding hydrogens is 275 g/mol. The molecule has 0 aliphatic heterocycles. The molecule has 0 aliphatic rings. The van der Waals surface area contributed by atoms with Crippen molar-refractivity contribution in [1.82, 2.24) is 5.32 Å². The van der Waals surface area contributed by atoms with Gasteiger partial charge in [-0.25, -0.2) is 0 Å². The third kappa shape index (κ3) is 4.37. The molecule has 0 aliphatic carbocycles. The molecule has 6 heteroatoms. The fraction of sp³-hybridized carbons (Fsp3) is 0.417. The lowest BCUT2D eigenvalue weighted by Gasteiger charge is -2.18. The second-order valence-corrected chi connectivity index (χ2v) is 4.03. The van der Waals surface area contributed by atoms with E-state index < -0.39 is 0 Å². The Morgan fingerprint density at radius 1 is 1.50 bits per heavy atom. The number of ether oxygens (including phenoxy) is 1. The van der Waals surface area contributed by atoms with Gasteiger partial charge in [0.2, 0.25) is 5.91 Å². The maximum absolute atomic E-state index is 11.8. The highest BCUT2D eigenvalue weighted by Crippen LogP contribution is 2.28. The van der Waals surface area contributed by atoms with Crippen LogP contribution in [-0.2, 0) is 4.79 Å². The van der Waals surface area contributed by atoms with Crippen molar-refractivity contribution in [3.05, 3.63) is 23.2 Å². The van der Waals surface area contributed by atoms with Crippen LogP contribution in [0.25, 0.3) is 0 Å². The summed E-state index contributed by atoms with van der Waals surface area (Å²) in [6.07, 6.45) is 0.455. The van der Waals surface area contributed by atoms with E-state index in [-0.39, 0.29) is 18.3 Å². The van der Waals surface area contributed by atoms with E-state index in [0.717, 1.165) is 5.69 Å². The van der Waals surface area contributed by atoms with E-state index in [2.05, 4.69) is 5.32 Å². The zero-order valence-corrected chi connectivity index (χ0v) is 12.3. The maximum Gasteiger partial charge on any atom is 0.227 e. The molecule has 0 bridgehead atoms. The average molecular weight is 293 g/mol. The molecule has 1 aromatic carbocycles. The molecule has 0 atom stereocenters. The first-order chi connectivity index (χ1) is 8.10. The normalized spacial score (nSPS) is 9.56. The largest absolute Gasteiger partial charge is 0.495 e. The number of hydrogen-bond donors (Lipinski definition) is 1. The van der Waals surface area contributed by atoms with Gasteiger partial charge in [-0.05, 0) is 25.2 Å². The highest BCUT2D eigenvalue weighted by Gasteiger charge is 2.11. The van der Waals surface area contributed by atoms with Gasteiger partial charge in [0, 0.05) is 25.7 Å². The summed E-state index contributed by atoms with van der Waals surface area (Å²) in [7, 11) is 5.11. The van der Waals surface area contributed by atoms with Gasteiger partial charge < -0.3 is 15.0 Å². The first-order valence-corrected chi connectivity index (χ1v) is 5.72. The number of amides is 1. The number of nitrogens with zero attached hydrogens (tertiary/aromatic N) is 1. The van der Waals surface area contributed by atoms with Crippen LogP contribution < -0.4 is 15.0 Å². The second-order valence-electron chi connectivity index (χ2n) is 3.63. The summed E-state index contributed by atoms with van der Waals surface area (Å²) in [6.45, 7) is 0.660. The van der Waals surface area contributed by atoms with Crippen LogP contribution in [0.1, 0.15) is 6.42 Å². The molecule has 0 fully saturated rings. The number of anilines is 1. The van der Waals surface area contributed by atoms with Crippen molar-refractivity contribution in [2.24, 2.45) is 0 Å². The maximum atomic E-state index is 11.8. The lowest BCUT2D eigenvalue weighted by Crippen LogP contribution is -2.28. The first-order valence-electron chi connectivity index (χ1n) is 5.35. The van der Waals surface area contributed by atoms with Crippen molar-refractivity contribution in [3.8, 4) is 5.75 Å². The van der Waals surface area contributed by atoms with E-state index in [1.807, 2.05) is 13.1 Å². The topological polar surface area (TPSA) is 41.6 Å². The molecule has 18 heavy (non-hydrogen) atoms. The molecule has 0 unspecified atom stereocenters. The van der Waals surface area contributed by atoms with Crippen molar-refractivity contribution in [1.29, 1.82) is 0 Å². The Morgan fingerprint density at radius 2 is 2.17 bits per heavy atom. The van der Waals surface area contributed by atoms with Gasteiger partial charge in [-0.1, -0.05) is 11.6 Å². The molecule has 1 aromatic rings. The Hall–Kier alpha value is -0.970. The predicted octanol–water partition coefficient (Wildman–Crippen LogP) is 2.34. The van der Waals surface area contributed by atoms with Gasteiger partial charge in [-0.2, -0.15) is 0 Å². The fourth-order valence-corrected chi connectivity index (χ4v) is 1.66. The Labute approximate surface area is 119 Å². The summed E-state index contributed by atoms with van der Waals surface area (Å²) in [5.74, 6) is 0.645. The third-order valence-electron chi connectivity index (χ3n) is 2.49. The third-order valence-corrected chi connectivity index (χ3v) is 2.78. The minimum Gasteiger partial charge on any atom is -0.495 e. The number of rotatable bonds is 5. The van der Waals surface area contributed by atoms with Crippen molar-refractivity contribution in [2.75, 3.05) is 32.6 Å². The molecule has 1 N–H and O–H groups in total. The van der Waals surface area contributed by atoms with Crippen LogP contribution in [0.3, 0.4) is 0 Å². The van der Waals surface area contributed by atoms with Gasteiger partial charge in [-0.15, -0.1) is 12.4 Å². The van der Waals surface area contributed by atoms with E-state index in [0.29, 0.717) is 23.7 Å². The minimum absolute atomic E-state index is 0. The summed E-state index contributed by atoms with van der Waals surface area (Å²) >= 11 is 6.01. The number of benzene rings is 1. The van der Waals surface area contributed by atoms with Crippen LogP contribution >= 0.6 is 24.0 Å². The quantitative estimate of drug-likeness (QED) is 0.906.